The van der Waals surface area contributed by atoms with Crippen LogP contribution in [0.4, 0.5) is 11.4 Å². The molecule has 32 heavy (non-hydrogen) atoms. The summed E-state index contributed by atoms with van der Waals surface area (Å²) in [5, 5.41) is 14.9. The predicted molar refractivity (Wildman–Crippen MR) is 129 cm³/mol. The zero-order valence-electron chi connectivity index (χ0n) is 17.8. The van der Waals surface area contributed by atoms with Gasteiger partial charge < -0.3 is 15.2 Å². The molecule has 1 aliphatic carbocycles. The van der Waals surface area contributed by atoms with Crippen molar-refractivity contribution in [2.45, 2.75) is 41.0 Å². The molecule has 7 nitrogen and oxygen atoms in total. The Labute approximate surface area is 195 Å². The summed E-state index contributed by atoms with van der Waals surface area (Å²) in [6.45, 7) is 0. The number of aryl methyl sites for hydroxylation is 1. The highest BCUT2D eigenvalue weighted by Crippen LogP contribution is 2.38. The molecule has 0 saturated heterocycles. The molecular formula is C23H25N5O2S2. The van der Waals surface area contributed by atoms with Crippen LogP contribution in [0.1, 0.15) is 36.0 Å². The van der Waals surface area contributed by atoms with E-state index in [4.69, 9.17) is 0 Å². The van der Waals surface area contributed by atoms with Gasteiger partial charge in [0, 0.05) is 28.4 Å². The van der Waals surface area contributed by atoms with E-state index in [0.717, 1.165) is 10.6 Å². The molecule has 1 aliphatic rings. The highest BCUT2D eigenvalue weighted by molar-refractivity contribution is 8.00. The number of aromatic nitrogens is 3. The van der Waals surface area contributed by atoms with Crippen molar-refractivity contribution in [3.05, 3.63) is 60.4 Å². The van der Waals surface area contributed by atoms with Gasteiger partial charge in [0.05, 0.1) is 11.4 Å². The molecule has 9 heteroatoms. The van der Waals surface area contributed by atoms with Crippen molar-refractivity contribution < 1.29 is 9.59 Å². The van der Waals surface area contributed by atoms with Crippen molar-refractivity contribution in [1.29, 1.82) is 0 Å². The first kappa shape index (κ1) is 22.4. The lowest BCUT2D eigenvalue weighted by Gasteiger charge is -2.14. The van der Waals surface area contributed by atoms with E-state index in [1.54, 1.807) is 35.2 Å². The Kier molecular flexibility index (Phi) is 7.49. The molecule has 0 atom stereocenters. The number of nitrogens with one attached hydrogen (secondary N) is 2. The van der Waals surface area contributed by atoms with E-state index in [0.29, 0.717) is 21.7 Å². The van der Waals surface area contributed by atoms with E-state index in [1.165, 1.54) is 37.4 Å². The van der Waals surface area contributed by atoms with Crippen LogP contribution in [0.25, 0.3) is 0 Å². The minimum atomic E-state index is -0.200. The zero-order chi connectivity index (χ0) is 22.3. The van der Waals surface area contributed by atoms with Crippen LogP contribution in [0.2, 0.25) is 0 Å². The summed E-state index contributed by atoms with van der Waals surface area (Å²) in [4.78, 5) is 26.3. The monoisotopic (exact) mass is 467 g/mol. The van der Waals surface area contributed by atoms with E-state index < -0.39 is 0 Å². The standard InChI is InChI=1S/C23H25N5O2S2/c1-28-15-24-27-23(28)31-14-21(29)25-17-8-6-7-16(13-17)22(30)26-19-11-4-5-12-20(19)32-18-9-2-3-10-18/h4-8,11-13,15,18H,2-3,9-10,14H2,1H3,(H,25,29)(H,26,30). The topological polar surface area (TPSA) is 88.9 Å². The van der Waals surface area contributed by atoms with Gasteiger partial charge in [0.1, 0.15) is 6.33 Å². The lowest BCUT2D eigenvalue weighted by molar-refractivity contribution is -0.113. The van der Waals surface area contributed by atoms with E-state index in [1.807, 2.05) is 37.0 Å². The molecular weight excluding hydrogens is 442 g/mol. The average Bonchev–Trinajstić information content (AvgIpc) is 3.45. The van der Waals surface area contributed by atoms with E-state index in [2.05, 4.69) is 26.9 Å². The Balaban J connectivity index is 1.37. The number of amides is 2. The molecule has 3 aromatic rings. The SMILES string of the molecule is Cn1cnnc1SCC(=O)Nc1cccc(C(=O)Nc2ccccc2SC2CCCC2)c1. The van der Waals surface area contributed by atoms with Crippen molar-refractivity contribution in [2.75, 3.05) is 16.4 Å². The third kappa shape index (κ3) is 5.92. The van der Waals surface area contributed by atoms with E-state index in [-0.39, 0.29) is 17.6 Å². The number of hydrogen-bond acceptors (Lipinski definition) is 6. The van der Waals surface area contributed by atoms with E-state index >= 15 is 0 Å². The zero-order valence-corrected chi connectivity index (χ0v) is 19.4. The number of carbonyl (C=O) groups is 2. The van der Waals surface area contributed by atoms with Crippen LogP contribution in [0.15, 0.2) is 64.9 Å². The van der Waals surface area contributed by atoms with Gasteiger partial charge in [-0.3, -0.25) is 9.59 Å². The summed E-state index contributed by atoms with van der Waals surface area (Å²) < 4.78 is 1.76. The Bertz CT molecular complexity index is 1100. The number of para-hydroxylation sites is 1. The molecule has 0 aliphatic heterocycles. The van der Waals surface area contributed by atoms with Crippen molar-refractivity contribution in [3.8, 4) is 0 Å². The van der Waals surface area contributed by atoms with Crippen LogP contribution >= 0.6 is 23.5 Å². The highest BCUT2D eigenvalue weighted by Gasteiger charge is 2.18. The maximum absolute atomic E-state index is 12.9. The van der Waals surface area contributed by atoms with Gasteiger partial charge in [0.2, 0.25) is 5.91 Å². The van der Waals surface area contributed by atoms with Crippen LogP contribution in [0.5, 0.6) is 0 Å². The molecule has 1 heterocycles. The van der Waals surface area contributed by atoms with Crippen LogP contribution in [0.3, 0.4) is 0 Å². The third-order valence-corrected chi connectivity index (χ3v) is 7.59. The summed E-state index contributed by atoms with van der Waals surface area (Å²) in [7, 11) is 1.83. The number of benzene rings is 2. The summed E-state index contributed by atoms with van der Waals surface area (Å²) in [6, 6.07) is 14.9. The third-order valence-electron chi connectivity index (χ3n) is 5.14. The second-order valence-electron chi connectivity index (χ2n) is 7.62. The lowest BCUT2D eigenvalue weighted by Crippen LogP contribution is -2.16. The van der Waals surface area contributed by atoms with Crippen LogP contribution in [-0.2, 0) is 11.8 Å². The van der Waals surface area contributed by atoms with Crippen molar-refractivity contribution >= 4 is 46.7 Å². The van der Waals surface area contributed by atoms with Crippen molar-refractivity contribution in [3.63, 3.8) is 0 Å². The number of rotatable bonds is 8. The number of carbonyl (C=O) groups excluding carboxylic acids is 2. The average molecular weight is 468 g/mol. The van der Waals surface area contributed by atoms with Gasteiger partial charge in [0.25, 0.3) is 5.91 Å². The predicted octanol–water partition coefficient (Wildman–Crippen LogP) is 4.83. The highest BCUT2D eigenvalue weighted by atomic mass is 32.2. The van der Waals surface area contributed by atoms with Gasteiger partial charge in [-0.05, 0) is 43.2 Å². The fraction of sp³-hybridized carbons (Fsp3) is 0.304. The molecule has 2 N–H and O–H groups in total. The Morgan fingerprint density at radius 1 is 1.09 bits per heavy atom. The number of anilines is 2. The Hall–Kier alpha value is -2.78. The molecule has 2 amide bonds. The molecule has 2 aromatic carbocycles. The van der Waals surface area contributed by atoms with Crippen molar-refractivity contribution in [1.82, 2.24) is 14.8 Å². The molecule has 1 fully saturated rings. The second-order valence-corrected chi connectivity index (χ2v) is 9.90. The Morgan fingerprint density at radius 3 is 2.69 bits per heavy atom. The molecule has 0 unspecified atom stereocenters. The van der Waals surface area contributed by atoms with Gasteiger partial charge in [-0.25, -0.2) is 0 Å². The van der Waals surface area contributed by atoms with Gasteiger partial charge in [-0.2, -0.15) is 0 Å². The van der Waals surface area contributed by atoms with Crippen LogP contribution in [0, 0.1) is 0 Å². The van der Waals surface area contributed by atoms with E-state index in [9.17, 15) is 9.59 Å². The van der Waals surface area contributed by atoms with Crippen LogP contribution < -0.4 is 10.6 Å². The quantitative estimate of drug-likeness (QED) is 0.461. The first-order valence-electron chi connectivity index (χ1n) is 10.5. The van der Waals surface area contributed by atoms with Gasteiger partial charge in [-0.1, -0.05) is 42.8 Å². The smallest absolute Gasteiger partial charge is 0.255 e. The van der Waals surface area contributed by atoms with Gasteiger partial charge in [0.15, 0.2) is 5.16 Å². The second kappa shape index (κ2) is 10.7. The fourth-order valence-electron chi connectivity index (χ4n) is 3.52. The summed E-state index contributed by atoms with van der Waals surface area (Å²) in [5.41, 5.74) is 1.89. The van der Waals surface area contributed by atoms with Gasteiger partial charge in [-0.15, -0.1) is 22.0 Å². The van der Waals surface area contributed by atoms with Crippen molar-refractivity contribution in [2.24, 2.45) is 7.05 Å². The van der Waals surface area contributed by atoms with Gasteiger partial charge >= 0.3 is 0 Å². The fourth-order valence-corrected chi connectivity index (χ4v) is 5.54. The minimum Gasteiger partial charge on any atom is -0.325 e. The Morgan fingerprint density at radius 2 is 1.91 bits per heavy atom. The summed E-state index contributed by atoms with van der Waals surface area (Å²) >= 11 is 3.15. The number of nitrogens with zero attached hydrogens (tertiary/aromatic N) is 3. The molecule has 1 aromatic heterocycles. The summed E-state index contributed by atoms with van der Waals surface area (Å²) in [6.07, 6.45) is 6.60. The molecule has 0 spiro atoms. The maximum atomic E-state index is 12.9. The molecule has 0 radical (unpaired) electrons. The maximum Gasteiger partial charge on any atom is 0.255 e. The molecule has 1 saturated carbocycles. The first-order chi connectivity index (χ1) is 15.6. The lowest BCUT2D eigenvalue weighted by atomic mass is 10.2. The summed E-state index contributed by atoms with van der Waals surface area (Å²) in [5.74, 6) is -0.169. The molecule has 4 rings (SSSR count). The normalized spacial score (nSPS) is 13.8. The van der Waals surface area contributed by atoms with Crippen LogP contribution in [-0.4, -0.2) is 37.6 Å². The molecule has 0 bridgehead atoms. The molecule has 166 valence electrons. The number of hydrogen-bond donors (Lipinski definition) is 2. The first-order valence-corrected chi connectivity index (χ1v) is 12.4. The largest absolute Gasteiger partial charge is 0.325 e. The number of thioether (sulfide) groups is 2. The minimum absolute atomic E-state index is 0.172.